The molecular weight excluding hydrogens is 534 g/mol. The third-order valence-corrected chi connectivity index (χ3v) is 7.67. The summed E-state index contributed by atoms with van der Waals surface area (Å²) in [5.74, 6) is 0.647. The van der Waals surface area contributed by atoms with Gasteiger partial charge in [0.25, 0.3) is 5.91 Å². The van der Waals surface area contributed by atoms with Crippen LogP contribution in [-0.2, 0) is 34.2 Å². The lowest BCUT2D eigenvalue weighted by molar-refractivity contribution is -0.135. The van der Waals surface area contributed by atoms with Gasteiger partial charge in [-0.05, 0) is 55.0 Å². The number of fused-ring (bicyclic) bond motifs is 1. The summed E-state index contributed by atoms with van der Waals surface area (Å²) in [5, 5.41) is 20.4. The molecule has 2 aromatic carbocycles. The lowest BCUT2D eigenvalue weighted by Gasteiger charge is -2.32. The Morgan fingerprint density at radius 2 is 2.00 bits per heavy atom. The lowest BCUT2D eigenvalue weighted by atomic mass is 10.0. The summed E-state index contributed by atoms with van der Waals surface area (Å²) in [6, 6.07) is 11.9. The summed E-state index contributed by atoms with van der Waals surface area (Å²) in [6.45, 7) is 9.13. The molecule has 1 aliphatic heterocycles. The van der Waals surface area contributed by atoms with E-state index in [1.807, 2.05) is 36.5 Å². The number of aromatic nitrogens is 2. The van der Waals surface area contributed by atoms with Crippen molar-refractivity contribution < 1.29 is 24.2 Å². The average molecular weight is 578 g/mol. The summed E-state index contributed by atoms with van der Waals surface area (Å²) in [4.78, 5) is 26.7. The van der Waals surface area contributed by atoms with E-state index in [1.165, 1.54) is 5.56 Å². The number of carbonyl (C=O) groups excluding carboxylic acids is 2. The van der Waals surface area contributed by atoms with Crippen LogP contribution in [0.4, 0.5) is 5.69 Å². The first-order chi connectivity index (χ1) is 20.2. The standard InChI is InChI=1S/C32H43N5O5/c1-22(2)23(3)37(15-14-33-13-10-25-8-9-28(38)31-32(25)42-21-29(39)35-31)30(40)12-17-41-16-11-24-6-5-7-26(18-24)27-19-34-36(4)20-27/h5-9,18-20,22-23,33,38H,10-17,21H2,1-4H3,(H,35,39). The van der Waals surface area contributed by atoms with Crippen LogP contribution in [0.15, 0.2) is 48.8 Å². The van der Waals surface area contributed by atoms with Crippen molar-refractivity contribution in [2.45, 2.75) is 46.1 Å². The summed E-state index contributed by atoms with van der Waals surface area (Å²) < 4.78 is 13.2. The lowest BCUT2D eigenvalue weighted by Crippen LogP contribution is -2.45. The van der Waals surface area contributed by atoms with Gasteiger partial charge in [0, 0.05) is 37.9 Å². The van der Waals surface area contributed by atoms with Gasteiger partial charge < -0.3 is 30.1 Å². The number of amides is 2. The summed E-state index contributed by atoms with van der Waals surface area (Å²) in [6.07, 6.45) is 5.64. The van der Waals surface area contributed by atoms with E-state index in [0.29, 0.717) is 63.0 Å². The Labute approximate surface area is 248 Å². The van der Waals surface area contributed by atoms with Crippen LogP contribution in [0.3, 0.4) is 0 Å². The summed E-state index contributed by atoms with van der Waals surface area (Å²) in [7, 11) is 1.91. The highest BCUT2D eigenvalue weighted by atomic mass is 16.5. The van der Waals surface area contributed by atoms with Crippen molar-refractivity contribution in [3.63, 3.8) is 0 Å². The molecular formula is C32H43N5O5. The average Bonchev–Trinajstić information content (AvgIpc) is 3.42. The minimum atomic E-state index is -0.283. The molecule has 4 rings (SSSR count). The maximum absolute atomic E-state index is 13.2. The van der Waals surface area contributed by atoms with Crippen LogP contribution in [0.2, 0.25) is 0 Å². The minimum absolute atomic E-state index is 0.00871. The predicted octanol–water partition coefficient (Wildman–Crippen LogP) is 3.78. The van der Waals surface area contributed by atoms with E-state index in [9.17, 15) is 14.7 Å². The Morgan fingerprint density at radius 1 is 1.17 bits per heavy atom. The Bertz CT molecular complexity index is 1350. The molecule has 0 bridgehead atoms. The molecule has 1 aliphatic rings. The topological polar surface area (TPSA) is 118 Å². The molecule has 1 unspecified atom stereocenters. The number of aryl methyl sites for hydroxylation is 1. The number of nitrogens with one attached hydrogen (secondary N) is 2. The number of hydrogen-bond donors (Lipinski definition) is 3. The molecule has 42 heavy (non-hydrogen) atoms. The van der Waals surface area contributed by atoms with Gasteiger partial charge in [0.15, 0.2) is 12.4 Å². The van der Waals surface area contributed by atoms with Gasteiger partial charge in [0.05, 0.1) is 25.8 Å². The van der Waals surface area contributed by atoms with Gasteiger partial charge in [-0.2, -0.15) is 5.10 Å². The molecule has 0 spiro atoms. The van der Waals surface area contributed by atoms with Gasteiger partial charge in [-0.15, -0.1) is 0 Å². The second-order valence-corrected chi connectivity index (χ2v) is 11.1. The van der Waals surface area contributed by atoms with Crippen molar-refractivity contribution in [3.05, 3.63) is 59.9 Å². The van der Waals surface area contributed by atoms with Crippen LogP contribution in [0.25, 0.3) is 11.1 Å². The molecule has 0 saturated heterocycles. The predicted molar refractivity (Wildman–Crippen MR) is 163 cm³/mol. The zero-order valence-electron chi connectivity index (χ0n) is 25.1. The van der Waals surface area contributed by atoms with Crippen molar-refractivity contribution in [2.75, 3.05) is 44.8 Å². The highest BCUT2D eigenvalue weighted by Gasteiger charge is 2.23. The molecule has 0 fully saturated rings. The molecule has 0 aliphatic carbocycles. The van der Waals surface area contributed by atoms with Crippen molar-refractivity contribution >= 4 is 17.5 Å². The third kappa shape index (κ3) is 8.33. The molecule has 2 heterocycles. The van der Waals surface area contributed by atoms with Crippen molar-refractivity contribution in [1.82, 2.24) is 20.0 Å². The van der Waals surface area contributed by atoms with Crippen LogP contribution in [0, 0.1) is 5.92 Å². The first kappa shape index (κ1) is 31.1. The fourth-order valence-corrected chi connectivity index (χ4v) is 4.95. The van der Waals surface area contributed by atoms with Crippen LogP contribution in [0.5, 0.6) is 11.5 Å². The minimum Gasteiger partial charge on any atom is -0.506 e. The number of phenols is 1. The van der Waals surface area contributed by atoms with Gasteiger partial charge in [0.2, 0.25) is 5.91 Å². The Morgan fingerprint density at radius 3 is 2.76 bits per heavy atom. The van der Waals surface area contributed by atoms with Crippen LogP contribution in [0.1, 0.15) is 38.3 Å². The first-order valence-corrected chi connectivity index (χ1v) is 14.7. The van der Waals surface area contributed by atoms with Gasteiger partial charge in [-0.25, -0.2) is 0 Å². The number of ether oxygens (including phenoxy) is 2. The maximum atomic E-state index is 13.2. The third-order valence-electron chi connectivity index (χ3n) is 7.67. The van der Waals surface area contributed by atoms with Crippen molar-refractivity contribution in [2.24, 2.45) is 13.0 Å². The fraction of sp³-hybridized carbons (Fsp3) is 0.469. The summed E-state index contributed by atoms with van der Waals surface area (Å²) >= 11 is 0. The Hall–Kier alpha value is -3.89. The molecule has 1 aromatic heterocycles. The number of phenolic OH excluding ortho intramolecular Hbond substituents is 1. The molecule has 10 heteroatoms. The fourth-order valence-electron chi connectivity index (χ4n) is 4.95. The van der Waals surface area contributed by atoms with E-state index in [1.54, 1.807) is 10.7 Å². The van der Waals surface area contributed by atoms with Crippen LogP contribution >= 0.6 is 0 Å². The number of nitrogens with zero attached hydrogens (tertiary/aromatic N) is 3. The number of hydrogen-bond acceptors (Lipinski definition) is 7. The highest BCUT2D eigenvalue weighted by Crippen LogP contribution is 2.39. The highest BCUT2D eigenvalue weighted by molar-refractivity contribution is 5.97. The molecule has 3 N–H and O–H groups in total. The van der Waals surface area contributed by atoms with Gasteiger partial charge in [-0.3, -0.25) is 14.3 Å². The quantitative estimate of drug-likeness (QED) is 0.186. The second kappa shape index (κ2) is 14.8. The van der Waals surface area contributed by atoms with E-state index in [2.05, 4.69) is 54.7 Å². The van der Waals surface area contributed by atoms with E-state index < -0.39 is 0 Å². The van der Waals surface area contributed by atoms with E-state index >= 15 is 0 Å². The number of anilines is 1. The zero-order valence-corrected chi connectivity index (χ0v) is 25.1. The molecule has 3 aromatic rings. The molecule has 2 amide bonds. The Kier molecular flexibility index (Phi) is 11.0. The normalized spacial score (nSPS) is 13.4. The maximum Gasteiger partial charge on any atom is 0.262 e. The molecule has 0 radical (unpaired) electrons. The molecule has 1 atom stereocenters. The van der Waals surface area contributed by atoms with Crippen LogP contribution < -0.4 is 15.4 Å². The number of rotatable bonds is 15. The zero-order chi connectivity index (χ0) is 30.1. The van der Waals surface area contributed by atoms with Gasteiger partial charge >= 0.3 is 0 Å². The van der Waals surface area contributed by atoms with Crippen LogP contribution in [-0.4, -0.2) is 77.1 Å². The van der Waals surface area contributed by atoms with Crippen molar-refractivity contribution in [1.29, 1.82) is 0 Å². The van der Waals surface area contributed by atoms with E-state index in [-0.39, 0.29) is 30.2 Å². The monoisotopic (exact) mass is 577 g/mol. The number of aromatic hydroxyl groups is 1. The molecule has 0 saturated carbocycles. The van der Waals surface area contributed by atoms with Gasteiger partial charge in [-0.1, -0.05) is 44.2 Å². The van der Waals surface area contributed by atoms with E-state index in [4.69, 9.17) is 9.47 Å². The molecule has 10 nitrogen and oxygen atoms in total. The molecule has 226 valence electrons. The largest absolute Gasteiger partial charge is 0.506 e. The Balaban J connectivity index is 1.19. The van der Waals surface area contributed by atoms with Gasteiger partial charge in [0.1, 0.15) is 11.4 Å². The van der Waals surface area contributed by atoms with E-state index in [0.717, 1.165) is 23.1 Å². The SMILES string of the molecule is CC(C)C(C)N(CCNCCc1ccc(O)c2c1OCC(=O)N2)C(=O)CCOCCc1cccc(-c2cnn(C)c2)c1. The van der Waals surface area contributed by atoms with Crippen molar-refractivity contribution in [3.8, 4) is 22.6 Å². The summed E-state index contributed by atoms with van der Waals surface area (Å²) in [5.41, 5.74) is 4.63. The number of carbonyl (C=O) groups is 2. The second-order valence-electron chi connectivity index (χ2n) is 11.1. The first-order valence-electron chi connectivity index (χ1n) is 14.7. The number of benzene rings is 2. The smallest absolute Gasteiger partial charge is 0.262 e.